The molecule has 166 valence electrons. The number of aliphatic hydroxyl groups excluding tert-OH is 1. The van der Waals surface area contributed by atoms with E-state index < -0.39 is 23.5 Å². The van der Waals surface area contributed by atoms with Crippen molar-refractivity contribution in [3.8, 4) is 5.69 Å². The van der Waals surface area contributed by atoms with E-state index in [0.29, 0.717) is 18.1 Å². The van der Waals surface area contributed by atoms with Crippen LogP contribution in [0.2, 0.25) is 0 Å². The normalized spacial score (nSPS) is 19.6. The molecule has 1 fully saturated rings. The van der Waals surface area contributed by atoms with Crippen molar-refractivity contribution >= 4 is 23.3 Å². The molecule has 2 amide bonds. The second-order valence-electron chi connectivity index (χ2n) is 7.53. The lowest BCUT2D eigenvalue weighted by atomic mass is 9.94. The van der Waals surface area contributed by atoms with E-state index in [9.17, 15) is 14.7 Å². The first-order valence-electron chi connectivity index (χ1n) is 10.1. The van der Waals surface area contributed by atoms with E-state index in [1.807, 2.05) is 0 Å². The molecular weight excluding hydrogens is 412 g/mol. The molecule has 4 N–H and O–H groups in total. The van der Waals surface area contributed by atoms with Gasteiger partial charge in [0.1, 0.15) is 0 Å². The Morgan fingerprint density at radius 2 is 1.97 bits per heavy atom. The molecule has 3 heterocycles. The second-order valence-corrected chi connectivity index (χ2v) is 7.53. The molecule has 0 radical (unpaired) electrons. The number of rotatable bonds is 6. The number of carbonyl (C=O) groups excluding carboxylic acids is 2. The van der Waals surface area contributed by atoms with Crippen molar-refractivity contribution < 1.29 is 19.4 Å². The van der Waals surface area contributed by atoms with Crippen LogP contribution in [0.15, 0.2) is 61.1 Å². The molecule has 0 saturated carbocycles. The van der Waals surface area contributed by atoms with Gasteiger partial charge in [0.15, 0.2) is 17.5 Å². The maximum absolute atomic E-state index is 13.3. The minimum absolute atomic E-state index is 0.139. The molecule has 0 bridgehead atoms. The van der Waals surface area contributed by atoms with Crippen LogP contribution in [0.3, 0.4) is 0 Å². The number of pyridine rings is 1. The van der Waals surface area contributed by atoms with Gasteiger partial charge in [-0.05, 0) is 36.8 Å². The summed E-state index contributed by atoms with van der Waals surface area (Å²) in [6.45, 7) is 2.17. The van der Waals surface area contributed by atoms with Crippen LogP contribution in [0.1, 0.15) is 12.5 Å². The highest BCUT2D eigenvalue weighted by atomic mass is 16.5. The molecule has 0 aliphatic carbocycles. The fourth-order valence-electron chi connectivity index (χ4n) is 3.48. The van der Waals surface area contributed by atoms with Gasteiger partial charge < -0.3 is 20.9 Å². The van der Waals surface area contributed by atoms with Crippen LogP contribution < -0.4 is 16.0 Å². The number of aliphatic hydroxyl groups is 1. The molecule has 1 aromatic carbocycles. The third kappa shape index (κ3) is 4.11. The van der Waals surface area contributed by atoms with Gasteiger partial charge in [0.2, 0.25) is 0 Å². The number of amides is 2. The molecule has 1 aliphatic heterocycles. The highest BCUT2D eigenvalue weighted by molar-refractivity contribution is 6.05. The van der Waals surface area contributed by atoms with E-state index >= 15 is 0 Å². The maximum Gasteiger partial charge on any atom is 0.263 e. The highest BCUT2D eigenvalue weighted by Crippen LogP contribution is 2.28. The van der Waals surface area contributed by atoms with Crippen molar-refractivity contribution in [3.05, 3.63) is 66.6 Å². The second kappa shape index (κ2) is 8.87. The van der Waals surface area contributed by atoms with Gasteiger partial charge in [-0.15, -0.1) is 5.10 Å². The predicted octanol–water partition coefficient (Wildman–Crippen LogP) is 0.847. The number of hydrogen-bond donors (Lipinski definition) is 3. The summed E-state index contributed by atoms with van der Waals surface area (Å²) < 4.78 is 7.23. The number of benzene rings is 1. The summed E-state index contributed by atoms with van der Waals surface area (Å²) in [5, 5.41) is 17.8. The molecule has 0 spiro atoms. The summed E-state index contributed by atoms with van der Waals surface area (Å²) in [5.41, 5.74) is 5.99. The molecule has 2 atom stereocenters. The first kappa shape index (κ1) is 21.6. The van der Waals surface area contributed by atoms with Gasteiger partial charge >= 0.3 is 0 Å². The zero-order chi connectivity index (χ0) is 22.7. The third-order valence-electron chi connectivity index (χ3n) is 5.39. The monoisotopic (exact) mass is 436 g/mol. The van der Waals surface area contributed by atoms with Crippen LogP contribution in [0.4, 0.5) is 11.5 Å². The van der Waals surface area contributed by atoms with Gasteiger partial charge in [0.25, 0.3) is 11.8 Å². The molecule has 1 saturated heterocycles. The Labute approximate surface area is 184 Å². The number of aromatic nitrogens is 3. The Hall–Kier alpha value is -3.60. The lowest BCUT2D eigenvalue weighted by Crippen LogP contribution is -2.63. The van der Waals surface area contributed by atoms with Crippen molar-refractivity contribution in [1.82, 2.24) is 14.8 Å². The number of hydrogen-bond acceptors (Lipinski definition) is 7. The highest BCUT2D eigenvalue weighted by Gasteiger charge is 2.51. The number of nitrogens with zero attached hydrogens (tertiary/aromatic N) is 4. The van der Waals surface area contributed by atoms with Gasteiger partial charge in [-0.3, -0.25) is 19.5 Å². The number of morpholine rings is 1. The van der Waals surface area contributed by atoms with Crippen molar-refractivity contribution in [3.63, 3.8) is 0 Å². The molecule has 10 heteroatoms. The quantitative estimate of drug-likeness (QED) is 0.521. The average Bonchev–Trinajstić information content (AvgIpc) is 3.31. The average molecular weight is 436 g/mol. The summed E-state index contributed by atoms with van der Waals surface area (Å²) >= 11 is 0. The lowest BCUT2D eigenvalue weighted by molar-refractivity contribution is -0.170. The molecule has 10 nitrogen and oxygen atoms in total. The van der Waals surface area contributed by atoms with Crippen LogP contribution in [0, 0.1) is 0 Å². The van der Waals surface area contributed by atoms with Crippen LogP contribution in [-0.4, -0.2) is 56.5 Å². The fourth-order valence-corrected chi connectivity index (χ4v) is 3.48. The lowest BCUT2D eigenvalue weighted by Gasteiger charge is -2.40. The fraction of sp³-hybridized carbons (Fsp3) is 0.273. The summed E-state index contributed by atoms with van der Waals surface area (Å²) in [5.74, 6) is -0.901. The zero-order valence-corrected chi connectivity index (χ0v) is 17.5. The van der Waals surface area contributed by atoms with E-state index in [4.69, 9.17) is 10.5 Å². The van der Waals surface area contributed by atoms with Crippen LogP contribution in [0.25, 0.3) is 5.69 Å². The van der Waals surface area contributed by atoms with Gasteiger partial charge in [0, 0.05) is 36.9 Å². The SMILES string of the molecule is CC1([C@@H](O)C(=O)Nc2ccc(CN)cc2)OCCN(c2ccn(-c3ccncc3)n2)C1=O. The smallest absolute Gasteiger partial charge is 0.263 e. The number of ether oxygens (including phenoxy) is 1. The number of nitrogens with two attached hydrogens (primary N) is 1. The molecule has 1 aliphatic rings. The van der Waals surface area contributed by atoms with Gasteiger partial charge in [-0.1, -0.05) is 12.1 Å². The Bertz CT molecular complexity index is 1100. The predicted molar refractivity (Wildman–Crippen MR) is 117 cm³/mol. The maximum atomic E-state index is 13.3. The van der Waals surface area contributed by atoms with Crippen molar-refractivity contribution in [2.75, 3.05) is 23.4 Å². The van der Waals surface area contributed by atoms with Gasteiger partial charge in [-0.2, -0.15) is 0 Å². The number of anilines is 2. The minimum atomic E-state index is -1.76. The first-order valence-corrected chi connectivity index (χ1v) is 10.1. The van der Waals surface area contributed by atoms with E-state index in [2.05, 4.69) is 15.4 Å². The Morgan fingerprint density at radius 1 is 1.25 bits per heavy atom. The van der Waals surface area contributed by atoms with Crippen LogP contribution in [-0.2, 0) is 20.9 Å². The minimum Gasteiger partial charge on any atom is -0.380 e. The molecule has 2 aromatic heterocycles. The first-order chi connectivity index (χ1) is 15.4. The van der Waals surface area contributed by atoms with Crippen molar-refractivity contribution in [1.29, 1.82) is 0 Å². The summed E-state index contributed by atoms with van der Waals surface area (Å²) in [7, 11) is 0. The molecule has 4 rings (SSSR count). The Morgan fingerprint density at radius 3 is 2.66 bits per heavy atom. The zero-order valence-electron chi connectivity index (χ0n) is 17.5. The molecule has 32 heavy (non-hydrogen) atoms. The van der Waals surface area contributed by atoms with Crippen molar-refractivity contribution in [2.45, 2.75) is 25.2 Å². The van der Waals surface area contributed by atoms with Crippen LogP contribution in [0.5, 0.6) is 0 Å². The van der Waals surface area contributed by atoms with Gasteiger partial charge in [0.05, 0.1) is 18.8 Å². The van der Waals surface area contributed by atoms with E-state index in [1.165, 1.54) is 11.8 Å². The van der Waals surface area contributed by atoms with Crippen LogP contribution >= 0.6 is 0 Å². The number of nitrogens with one attached hydrogen (secondary N) is 1. The Kier molecular flexibility index (Phi) is 5.99. The van der Waals surface area contributed by atoms with E-state index in [0.717, 1.165) is 11.3 Å². The van der Waals surface area contributed by atoms with E-state index in [-0.39, 0.29) is 13.2 Å². The number of carbonyl (C=O) groups is 2. The topological polar surface area (TPSA) is 136 Å². The van der Waals surface area contributed by atoms with E-state index in [1.54, 1.807) is 65.7 Å². The van der Waals surface area contributed by atoms with Crippen molar-refractivity contribution in [2.24, 2.45) is 5.73 Å². The summed E-state index contributed by atoms with van der Waals surface area (Å²) in [4.78, 5) is 31.3. The third-order valence-corrected chi connectivity index (χ3v) is 5.39. The summed E-state index contributed by atoms with van der Waals surface area (Å²) in [6.07, 6.45) is 3.28. The summed E-state index contributed by atoms with van der Waals surface area (Å²) in [6, 6.07) is 12.2. The largest absolute Gasteiger partial charge is 0.380 e. The Balaban J connectivity index is 1.50. The molecule has 3 aromatic rings. The standard InChI is InChI=1S/C22H24N6O4/c1-22(19(29)20(30)25-16-4-2-15(14-23)3-5-16)21(31)27(12-13-32-22)18-8-11-28(26-18)17-6-9-24-10-7-17/h2-11,19,29H,12-14,23H2,1H3,(H,25,30)/t19-,22?/m0/s1. The van der Waals surface area contributed by atoms with Gasteiger partial charge in [-0.25, -0.2) is 4.68 Å². The molecule has 1 unspecified atom stereocenters. The molecular formula is C22H24N6O4.